The van der Waals surface area contributed by atoms with Crippen molar-refractivity contribution in [1.82, 2.24) is 4.98 Å². The van der Waals surface area contributed by atoms with Crippen molar-refractivity contribution in [2.24, 2.45) is 0 Å². The number of furan rings is 1. The number of aromatic amines is 1. The van der Waals surface area contributed by atoms with Crippen molar-refractivity contribution in [2.45, 2.75) is 26.2 Å². The van der Waals surface area contributed by atoms with E-state index in [2.05, 4.69) is 80.4 Å². The number of nitrogens with one attached hydrogen (secondary N) is 1. The van der Waals surface area contributed by atoms with E-state index in [1.807, 2.05) is 0 Å². The van der Waals surface area contributed by atoms with Gasteiger partial charge in [0.25, 0.3) is 0 Å². The molecule has 0 fully saturated rings. The van der Waals surface area contributed by atoms with Crippen LogP contribution in [-0.2, 0) is 5.41 Å². The van der Waals surface area contributed by atoms with E-state index in [1.54, 1.807) is 0 Å². The summed E-state index contributed by atoms with van der Waals surface area (Å²) in [6.45, 7) is 6.73. The maximum atomic E-state index is 6.28. The second kappa shape index (κ2) is 4.41. The van der Waals surface area contributed by atoms with E-state index in [0.717, 1.165) is 22.2 Å². The van der Waals surface area contributed by atoms with Gasteiger partial charge < -0.3 is 9.40 Å². The lowest BCUT2D eigenvalue weighted by molar-refractivity contribution is 0.590. The molecule has 0 radical (unpaired) electrons. The highest BCUT2D eigenvalue weighted by Crippen LogP contribution is 2.38. The number of H-pyrrole nitrogens is 1. The lowest BCUT2D eigenvalue weighted by Gasteiger charge is -2.18. The molecule has 0 saturated carbocycles. The molecule has 2 nitrogen and oxygen atoms in total. The van der Waals surface area contributed by atoms with E-state index in [9.17, 15) is 0 Å². The standard InChI is InChI=1S/C22H19NO/c1-22(2,3)13-8-11-19-16(12-13)14-9-10-18-20(21(14)24-19)15-6-4-5-7-17(15)23-18/h4-12,23H,1-3H3. The van der Waals surface area contributed by atoms with Gasteiger partial charge in [0.1, 0.15) is 11.2 Å². The quantitative estimate of drug-likeness (QED) is 0.346. The molecule has 1 N–H and O–H groups in total. The summed E-state index contributed by atoms with van der Waals surface area (Å²) in [4.78, 5) is 3.49. The summed E-state index contributed by atoms with van der Waals surface area (Å²) in [5.41, 5.74) is 5.66. The molecule has 5 rings (SSSR count). The van der Waals surface area contributed by atoms with Gasteiger partial charge in [-0.05, 0) is 41.3 Å². The van der Waals surface area contributed by atoms with Crippen LogP contribution in [0, 0.1) is 0 Å². The Morgan fingerprint density at radius 3 is 2.46 bits per heavy atom. The summed E-state index contributed by atoms with van der Waals surface area (Å²) >= 11 is 0. The zero-order chi connectivity index (χ0) is 16.5. The smallest absolute Gasteiger partial charge is 0.145 e. The van der Waals surface area contributed by atoms with Gasteiger partial charge in [-0.25, -0.2) is 0 Å². The summed E-state index contributed by atoms with van der Waals surface area (Å²) in [6, 6.07) is 19.3. The zero-order valence-electron chi connectivity index (χ0n) is 14.1. The average Bonchev–Trinajstić information content (AvgIpc) is 3.10. The molecular formula is C22H19NO. The average molecular weight is 313 g/mol. The second-order valence-electron chi connectivity index (χ2n) is 7.60. The molecule has 0 aliphatic rings. The van der Waals surface area contributed by atoms with Gasteiger partial charge in [0.2, 0.25) is 0 Å². The van der Waals surface area contributed by atoms with Gasteiger partial charge in [-0.1, -0.05) is 45.0 Å². The van der Waals surface area contributed by atoms with Crippen LogP contribution in [0.25, 0.3) is 43.7 Å². The van der Waals surface area contributed by atoms with Gasteiger partial charge in [0, 0.05) is 21.7 Å². The molecule has 2 aromatic heterocycles. The topological polar surface area (TPSA) is 28.9 Å². The third kappa shape index (κ3) is 1.77. The molecule has 5 aromatic rings. The van der Waals surface area contributed by atoms with Gasteiger partial charge in [-0.2, -0.15) is 0 Å². The maximum Gasteiger partial charge on any atom is 0.145 e. The minimum absolute atomic E-state index is 0.128. The zero-order valence-corrected chi connectivity index (χ0v) is 14.1. The van der Waals surface area contributed by atoms with Crippen molar-refractivity contribution in [1.29, 1.82) is 0 Å². The first-order valence-electron chi connectivity index (χ1n) is 8.38. The monoisotopic (exact) mass is 313 g/mol. The number of aromatic nitrogens is 1. The normalized spacial score (nSPS) is 12.8. The Bertz CT molecular complexity index is 1230. The molecule has 24 heavy (non-hydrogen) atoms. The molecule has 2 heteroatoms. The van der Waals surface area contributed by atoms with E-state index < -0.39 is 0 Å². The number of para-hydroxylation sites is 1. The molecule has 0 aliphatic carbocycles. The molecule has 0 atom stereocenters. The fourth-order valence-corrected chi connectivity index (χ4v) is 3.63. The fourth-order valence-electron chi connectivity index (χ4n) is 3.63. The Balaban J connectivity index is 1.96. The maximum absolute atomic E-state index is 6.28. The first-order valence-corrected chi connectivity index (χ1v) is 8.38. The number of hydrogen-bond donors (Lipinski definition) is 1. The number of hydrogen-bond acceptors (Lipinski definition) is 1. The van der Waals surface area contributed by atoms with Crippen LogP contribution in [0.4, 0.5) is 0 Å². The molecule has 2 heterocycles. The van der Waals surface area contributed by atoms with Crippen LogP contribution in [-0.4, -0.2) is 4.98 Å². The van der Waals surface area contributed by atoms with Crippen molar-refractivity contribution >= 4 is 43.7 Å². The van der Waals surface area contributed by atoms with Gasteiger partial charge in [-0.3, -0.25) is 0 Å². The van der Waals surface area contributed by atoms with Crippen LogP contribution in [0.2, 0.25) is 0 Å². The van der Waals surface area contributed by atoms with Crippen molar-refractivity contribution in [3.8, 4) is 0 Å². The van der Waals surface area contributed by atoms with Crippen molar-refractivity contribution in [3.63, 3.8) is 0 Å². The fraction of sp³-hybridized carbons (Fsp3) is 0.182. The SMILES string of the molecule is CC(C)(C)c1ccc2oc3c(ccc4[nH]c5ccccc5c43)c2c1. The van der Waals surface area contributed by atoms with E-state index in [-0.39, 0.29) is 5.41 Å². The van der Waals surface area contributed by atoms with E-state index in [1.165, 1.54) is 27.1 Å². The Hall–Kier alpha value is -2.74. The van der Waals surface area contributed by atoms with Gasteiger partial charge in [0.05, 0.1) is 10.9 Å². The lowest BCUT2D eigenvalue weighted by Crippen LogP contribution is -2.10. The molecule has 0 saturated heterocycles. The Morgan fingerprint density at radius 2 is 1.62 bits per heavy atom. The first kappa shape index (κ1) is 13.7. The van der Waals surface area contributed by atoms with Crippen LogP contribution in [0.15, 0.2) is 59.0 Å². The van der Waals surface area contributed by atoms with Crippen LogP contribution in [0.5, 0.6) is 0 Å². The third-order valence-corrected chi connectivity index (χ3v) is 4.97. The molecule has 0 unspecified atom stereocenters. The highest BCUT2D eigenvalue weighted by molar-refractivity contribution is 6.22. The number of benzene rings is 3. The summed E-state index contributed by atoms with van der Waals surface area (Å²) in [6.07, 6.45) is 0. The van der Waals surface area contributed by atoms with Gasteiger partial charge in [-0.15, -0.1) is 0 Å². The van der Waals surface area contributed by atoms with Crippen molar-refractivity contribution in [2.75, 3.05) is 0 Å². The predicted octanol–water partition coefficient (Wildman–Crippen LogP) is 6.52. The third-order valence-electron chi connectivity index (χ3n) is 4.97. The van der Waals surface area contributed by atoms with Crippen molar-refractivity contribution < 1.29 is 4.42 Å². The van der Waals surface area contributed by atoms with Crippen molar-refractivity contribution in [3.05, 3.63) is 60.2 Å². The molecule has 0 bridgehead atoms. The molecule has 0 aliphatic heterocycles. The van der Waals surface area contributed by atoms with Gasteiger partial charge in [0.15, 0.2) is 0 Å². The second-order valence-corrected chi connectivity index (χ2v) is 7.60. The van der Waals surface area contributed by atoms with Gasteiger partial charge >= 0.3 is 0 Å². The lowest BCUT2D eigenvalue weighted by atomic mass is 9.86. The molecule has 0 spiro atoms. The largest absolute Gasteiger partial charge is 0.455 e. The van der Waals surface area contributed by atoms with E-state index >= 15 is 0 Å². The Morgan fingerprint density at radius 1 is 0.792 bits per heavy atom. The molecule has 118 valence electrons. The summed E-state index contributed by atoms with van der Waals surface area (Å²) in [5.74, 6) is 0. The molecule has 0 amide bonds. The van der Waals surface area contributed by atoms with E-state index in [4.69, 9.17) is 4.42 Å². The van der Waals surface area contributed by atoms with E-state index in [0.29, 0.717) is 0 Å². The Labute approximate surface area is 140 Å². The van der Waals surface area contributed by atoms with Crippen LogP contribution >= 0.6 is 0 Å². The molecular weight excluding hydrogens is 294 g/mol. The minimum Gasteiger partial charge on any atom is -0.455 e. The minimum atomic E-state index is 0.128. The van der Waals surface area contributed by atoms with Crippen LogP contribution in [0.1, 0.15) is 26.3 Å². The van der Waals surface area contributed by atoms with Crippen LogP contribution < -0.4 is 0 Å². The summed E-state index contributed by atoms with van der Waals surface area (Å²) < 4.78 is 6.28. The summed E-state index contributed by atoms with van der Waals surface area (Å²) in [7, 11) is 0. The molecule has 3 aromatic carbocycles. The first-order chi connectivity index (χ1) is 11.5. The summed E-state index contributed by atoms with van der Waals surface area (Å²) in [5, 5.41) is 4.78. The number of fused-ring (bicyclic) bond motifs is 7. The number of rotatable bonds is 0. The highest BCUT2D eigenvalue weighted by atomic mass is 16.3. The van der Waals surface area contributed by atoms with Crippen LogP contribution in [0.3, 0.4) is 0 Å². The predicted molar refractivity (Wildman–Crippen MR) is 102 cm³/mol. The highest BCUT2D eigenvalue weighted by Gasteiger charge is 2.18. The Kier molecular flexibility index (Phi) is 2.52.